The van der Waals surface area contributed by atoms with Crippen LogP contribution in [0.1, 0.15) is 23.4 Å². The summed E-state index contributed by atoms with van der Waals surface area (Å²) in [7, 11) is 0. The molecule has 0 aliphatic heterocycles. The first-order valence-corrected chi connectivity index (χ1v) is 10.00. The topological polar surface area (TPSA) is 71.5 Å². The zero-order valence-electron chi connectivity index (χ0n) is 15.3. The first kappa shape index (κ1) is 19.6. The first-order chi connectivity index (χ1) is 12.9. The summed E-state index contributed by atoms with van der Waals surface area (Å²) in [4.78, 5) is 31.9. The Kier molecular flexibility index (Phi) is 6.34. The molecule has 144 valence electrons. The molecular weight excluding hydrogens is 386 g/mol. The molecule has 27 heavy (non-hydrogen) atoms. The van der Waals surface area contributed by atoms with E-state index in [1.807, 2.05) is 13.8 Å². The van der Waals surface area contributed by atoms with Crippen LogP contribution in [-0.4, -0.2) is 41.4 Å². The monoisotopic (exact) mass is 407 g/mol. The summed E-state index contributed by atoms with van der Waals surface area (Å²) in [6.45, 7) is 4.32. The van der Waals surface area contributed by atoms with Crippen molar-refractivity contribution in [2.24, 2.45) is 5.92 Å². The Morgan fingerprint density at radius 1 is 1.30 bits per heavy atom. The van der Waals surface area contributed by atoms with Crippen LogP contribution in [0.3, 0.4) is 0 Å². The number of rotatable bonds is 8. The lowest BCUT2D eigenvalue weighted by molar-refractivity contribution is -0.136. The number of hydrogen-bond acceptors (Lipinski definition) is 5. The summed E-state index contributed by atoms with van der Waals surface area (Å²) in [6, 6.07) is 6.82. The van der Waals surface area contributed by atoms with Gasteiger partial charge in [-0.15, -0.1) is 11.3 Å². The van der Waals surface area contributed by atoms with Gasteiger partial charge < -0.3 is 15.0 Å². The Bertz CT molecular complexity index is 799. The maximum atomic E-state index is 12.6. The summed E-state index contributed by atoms with van der Waals surface area (Å²) in [5.41, 5.74) is 0.901. The number of thiazole rings is 1. The van der Waals surface area contributed by atoms with Crippen LogP contribution >= 0.6 is 22.9 Å². The van der Waals surface area contributed by atoms with Crippen LogP contribution in [0.4, 0.5) is 5.13 Å². The SMILES string of the molecule is Cc1nc(NC(=O)CN(CC2CC2)C(=O)COc2ccc(Cl)cc2)sc1C. The maximum absolute atomic E-state index is 12.6. The Balaban J connectivity index is 1.56. The van der Waals surface area contributed by atoms with E-state index in [-0.39, 0.29) is 25.0 Å². The summed E-state index contributed by atoms with van der Waals surface area (Å²) in [5.74, 6) is 0.585. The smallest absolute Gasteiger partial charge is 0.260 e. The minimum atomic E-state index is -0.246. The van der Waals surface area contributed by atoms with Crippen molar-refractivity contribution in [1.82, 2.24) is 9.88 Å². The molecular formula is C19H22ClN3O3S. The van der Waals surface area contributed by atoms with Crippen molar-refractivity contribution in [3.05, 3.63) is 39.9 Å². The second-order valence-electron chi connectivity index (χ2n) is 6.67. The van der Waals surface area contributed by atoms with Crippen molar-refractivity contribution in [1.29, 1.82) is 0 Å². The van der Waals surface area contributed by atoms with Crippen molar-refractivity contribution in [3.63, 3.8) is 0 Å². The zero-order valence-corrected chi connectivity index (χ0v) is 16.9. The van der Waals surface area contributed by atoms with E-state index in [0.717, 1.165) is 23.4 Å². The average Bonchev–Trinajstić information content (AvgIpc) is 3.38. The van der Waals surface area contributed by atoms with E-state index < -0.39 is 0 Å². The van der Waals surface area contributed by atoms with Gasteiger partial charge in [0.1, 0.15) is 12.3 Å². The van der Waals surface area contributed by atoms with Gasteiger partial charge in [-0.1, -0.05) is 11.6 Å². The number of nitrogens with one attached hydrogen (secondary N) is 1. The molecule has 0 bridgehead atoms. The zero-order chi connectivity index (χ0) is 19.4. The highest BCUT2D eigenvalue weighted by Crippen LogP contribution is 2.30. The molecule has 6 nitrogen and oxygen atoms in total. The van der Waals surface area contributed by atoms with Gasteiger partial charge >= 0.3 is 0 Å². The third kappa shape index (κ3) is 5.94. The fourth-order valence-corrected chi connectivity index (χ4v) is 3.45. The number of anilines is 1. The fourth-order valence-electron chi connectivity index (χ4n) is 2.49. The minimum absolute atomic E-state index is 0.00299. The minimum Gasteiger partial charge on any atom is -0.484 e. The van der Waals surface area contributed by atoms with Crippen LogP contribution in [-0.2, 0) is 9.59 Å². The molecule has 1 heterocycles. The summed E-state index contributed by atoms with van der Waals surface area (Å²) >= 11 is 7.28. The highest BCUT2D eigenvalue weighted by molar-refractivity contribution is 7.15. The predicted molar refractivity (Wildman–Crippen MR) is 106 cm³/mol. The van der Waals surface area contributed by atoms with E-state index in [1.165, 1.54) is 11.3 Å². The van der Waals surface area contributed by atoms with E-state index >= 15 is 0 Å². The van der Waals surface area contributed by atoms with Gasteiger partial charge in [-0.25, -0.2) is 4.98 Å². The molecule has 1 aliphatic rings. The molecule has 8 heteroatoms. The van der Waals surface area contributed by atoms with Crippen molar-refractivity contribution in [2.45, 2.75) is 26.7 Å². The van der Waals surface area contributed by atoms with Gasteiger partial charge in [0.2, 0.25) is 5.91 Å². The molecule has 0 unspecified atom stereocenters. The molecule has 1 aliphatic carbocycles. The molecule has 1 aromatic heterocycles. The molecule has 2 aromatic rings. The number of benzene rings is 1. The number of amides is 2. The standard InChI is InChI=1S/C19H22ClN3O3S/c1-12-13(2)27-19(21-12)22-17(24)10-23(9-14-3-4-14)18(25)11-26-16-7-5-15(20)6-8-16/h5-8,14H,3-4,9-11H2,1-2H3,(H,21,22,24). The van der Waals surface area contributed by atoms with E-state index in [0.29, 0.717) is 28.4 Å². The second-order valence-corrected chi connectivity index (χ2v) is 8.31. The second kappa shape index (κ2) is 8.71. The quantitative estimate of drug-likeness (QED) is 0.724. The van der Waals surface area contributed by atoms with Crippen molar-refractivity contribution in [3.8, 4) is 5.75 Å². The number of halogens is 1. The van der Waals surface area contributed by atoms with Gasteiger partial charge in [0.25, 0.3) is 5.91 Å². The van der Waals surface area contributed by atoms with Crippen molar-refractivity contribution in [2.75, 3.05) is 25.0 Å². The molecule has 3 rings (SSSR count). The number of aromatic nitrogens is 1. The molecule has 1 saturated carbocycles. The third-order valence-corrected chi connectivity index (χ3v) is 5.55. The number of nitrogens with zero attached hydrogens (tertiary/aromatic N) is 2. The van der Waals surface area contributed by atoms with Crippen LogP contribution in [0.5, 0.6) is 5.75 Å². The number of hydrogen-bond donors (Lipinski definition) is 1. The summed E-state index contributed by atoms with van der Waals surface area (Å²) in [6.07, 6.45) is 2.18. The number of ether oxygens (including phenoxy) is 1. The van der Waals surface area contributed by atoms with Gasteiger partial charge in [0.05, 0.1) is 5.69 Å². The van der Waals surface area contributed by atoms with E-state index in [2.05, 4.69) is 10.3 Å². The number of aryl methyl sites for hydroxylation is 2. The number of carbonyl (C=O) groups excluding carboxylic acids is 2. The molecule has 0 atom stereocenters. The lowest BCUT2D eigenvalue weighted by Crippen LogP contribution is -2.41. The van der Waals surface area contributed by atoms with Crippen LogP contribution in [0.15, 0.2) is 24.3 Å². The van der Waals surface area contributed by atoms with Crippen LogP contribution in [0.2, 0.25) is 5.02 Å². The van der Waals surface area contributed by atoms with Gasteiger partial charge in [0, 0.05) is 16.4 Å². The van der Waals surface area contributed by atoms with E-state index in [9.17, 15) is 9.59 Å². The Morgan fingerprint density at radius 2 is 2.00 bits per heavy atom. The normalized spacial score (nSPS) is 13.3. The highest BCUT2D eigenvalue weighted by atomic mass is 35.5. The van der Waals surface area contributed by atoms with E-state index in [1.54, 1.807) is 29.2 Å². The molecule has 1 fully saturated rings. The Morgan fingerprint density at radius 3 is 2.59 bits per heavy atom. The number of carbonyl (C=O) groups is 2. The lowest BCUT2D eigenvalue weighted by atomic mass is 10.3. The highest BCUT2D eigenvalue weighted by Gasteiger charge is 2.28. The van der Waals surface area contributed by atoms with Crippen LogP contribution in [0.25, 0.3) is 0 Å². The molecule has 0 spiro atoms. The first-order valence-electron chi connectivity index (χ1n) is 8.80. The largest absolute Gasteiger partial charge is 0.484 e. The third-order valence-electron chi connectivity index (χ3n) is 4.31. The summed E-state index contributed by atoms with van der Waals surface area (Å²) in [5, 5.41) is 3.95. The van der Waals surface area contributed by atoms with Gasteiger partial charge in [-0.2, -0.15) is 0 Å². The van der Waals surface area contributed by atoms with Crippen molar-refractivity contribution >= 4 is 39.9 Å². The van der Waals surface area contributed by atoms with Gasteiger partial charge in [0.15, 0.2) is 11.7 Å². The maximum Gasteiger partial charge on any atom is 0.260 e. The van der Waals surface area contributed by atoms with Crippen LogP contribution in [0, 0.1) is 19.8 Å². The Hall–Kier alpha value is -2.12. The molecule has 0 radical (unpaired) electrons. The Labute approximate surface area is 167 Å². The summed E-state index contributed by atoms with van der Waals surface area (Å²) < 4.78 is 5.53. The van der Waals surface area contributed by atoms with E-state index in [4.69, 9.17) is 16.3 Å². The molecule has 2 amide bonds. The van der Waals surface area contributed by atoms with Gasteiger partial charge in [-0.05, 0) is 56.9 Å². The molecule has 1 N–H and O–H groups in total. The molecule has 1 aromatic carbocycles. The molecule has 0 saturated heterocycles. The van der Waals surface area contributed by atoms with Crippen molar-refractivity contribution < 1.29 is 14.3 Å². The predicted octanol–water partition coefficient (Wildman–Crippen LogP) is 3.67. The van der Waals surface area contributed by atoms with Crippen LogP contribution < -0.4 is 10.1 Å². The van der Waals surface area contributed by atoms with Gasteiger partial charge in [-0.3, -0.25) is 9.59 Å². The fraction of sp³-hybridized carbons (Fsp3) is 0.421. The average molecular weight is 408 g/mol. The lowest BCUT2D eigenvalue weighted by Gasteiger charge is -2.22.